The molecule has 1 spiro atoms. The van der Waals surface area contributed by atoms with Gasteiger partial charge in [0.15, 0.2) is 0 Å². The van der Waals surface area contributed by atoms with Gasteiger partial charge < -0.3 is 24.2 Å². The van der Waals surface area contributed by atoms with Crippen LogP contribution in [0.15, 0.2) is 31.0 Å². The number of pyridine rings is 2. The van der Waals surface area contributed by atoms with E-state index in [0.717, 1.165) is 55.0 Å². The minimum Gasteiger partial charge on any atom is -0.382 e. The van der Waals surface area contributed by atoms with Crippen molar-refractivity contribution >= 4 is 17.4 Å². The fourth-order valence-corrected chi connectivity index (χ4v) is 8.76. The first-order chi connectivity index (χ1) is 21.7. The molecule has 5 aliphatic heterocycles. The monoisotopic (exact) mass is 622 g/mol. The molecular formula is C34H44F2N6O3. The van der Waals surface area contributed by atoms with Crippen LogP contribution in [0.5, 0.6) is 0 Å². The van der Waals surface area contributed by atoms with Crippen molar-refractivity contribution in [1.82, 2.24) is 19.8 Å². The van der Waals surface area contributed by atoms with Gasteiger partial charge in [-0.1, -0.05) is 6.58 Å². The summed E-state index contributed by atoms with van der Waals surface area (Å²) in [6, 6.07) is 4.76. The van der Waals surface area contributed by atoms with Gasteiger partial charge in [0.25, 0.3) is 6.43 Å². The average Bonchev–Trinajstić information content (AvgIpc) is 3.23. The highest BCUT2D eigenvalue weighted by molar-refractivity contribution is 5.87. The number of alkyl halides is 2. The zero-order valence-corrected chi connectivity index (χ0v) is 26.6. The number of ether oxygens (including phenoxy) is 2. The predicted molar refractivity (Wildman–Crippen MR) is 168 cm³/mol. The zero-order chi connectivity index (χ0) is 31.5. The first-order valence-corrected chi connectivity index (χ1v) is 16.4. The largest absolute Gasteiger partial charge is 0.382 e. The van der Waals surface area contributed by atoms with Crippen LogP contribution in [-0.2, 0) is 26.3 Å². The summed E-state index contributed by atoms with van der Waals surface area (Å²) in [4.78, 5) is 30.3. The summed E-state index contributed by atoms with van der Waals surface area (Å²) in [5, 5.41) is 0. The van der Waals surface area contributed by atoms with E-state index in [2.05, 4.69) is 46.2 Å². The molecule has 2 aromatic rings. The van der Waals surface area contributed by atoms with Crippen LogP contribution in [-0.4, -0.2) is 96.8 Å². The number of amides is 1. The lowest BCUT2D eigenvalue weighted by Gasteiger charge is -2.55. The highest BCUT2D eigenvalue weighted by Gasteiger charge is 2.51. The molecule has 9 nitrogen and oxygen atoms in total. The van der Waals surface area contributed by atoms with Crippen LogP contribution in [0.2, 0.25) is 0 Å². The van der Waals surface area contributed by atoms with Gasteiger partial charge in [-0.3, -0.25) is 14.7 Å². The molecule has 0 aliphatic carbocycles. The van der Waals surface area contributed by atoms with Crippen molar-refractivity contribution in [3.05, 3.63) is 59.1 Å². The van der Waals surface area contributed by atoms with Crippen LogP contribution in [0.4, 0.5) is 20.3 Å². The number of nitrogens with zero attached hydrogens (tertiary/aromatic N) is 6. The first-order valence-electron chi connectivity index (χ1n) is 16.4. The summed E-state index contributed by atoms with van der Waals surface area (Å²) in [7, 11) is 1.68. The highest BCUT2D eigenvalue weighted by atomic mass is 19.3. The molecule has 0 N–H and O–H groups in total. The Hall–Kier alpha value is -3.15. The van der Waals surface area contributed by atoms with Gasteiger partial charge in [-0.05, 0) is 57.2 Å². The van der Waals surface area contributed by atoms with Gasteiger partial charge in [0.1, 0.15) is 17.6 Å². The van der Waals surface area contributed by atoms with Gasteiger partial charge in [0.2, 0.25) is 5.91 Å². The maximum Gasteiger partial charge on any atom is 0.280 e. The van der Waals surface area contributed by atoms with Gasteiger partial charge in [-0.15, -0.1) is 0 Å². The van der Waals surface area contributed by atoms with Gasteiger partial charge in [-0.2, -0.15) is 0 Å². The Morgan fingerprint density at radius 1 is 1.22 bits per heavy atom. The van der Waals surface area contributed by atoms with Crippen LogP contribution >= 0.6 is 0 Å². The number of piperidine rings is 1. The molecule has 0 radical (unpaired) electrons. The van der Waals surface area contributed by atoms with Crippen LogP contribution in [0.25, 0.3) is 0 Å². The number of carbonyl (C=O) groups excluding carboxylic acids is 1. The third-order valence-electron chi connectivity index (χ3n) is 10.9. The van der Waals surface area contributed by atoms with Gasteiger partial charge in [0.05, 0.1) is 17.9 Å². The van der Waals surface area contributed by atoms with Gasteiger partial charge in [-0.25, -0.2) is 13.8 Å². The fourth-order valence-electron chi connectivity index (χ4n) is 8.76. The summed E-state index contributed by atoms with van der Waals surface area (Å²) in [6.07, 6.45) is 4.21. The Morgan fingerprint density at radius 2 is 2.02 bits per heavy atom. The van der Waals surface area contributed by atoms with E-state index in [4.69, 9.17) is 14.5 Å². The Kier molecular flexibility index (Phi) is 8.06. The molecule has 242 valence electrons. The number of anilines is 2. The second kappa shape index (κ2) is 11.9. The van der Waals surface area contributed by atoms with Crippen LogP contribution in [0.3, 0.4) is 0 Å². The SMILES string of the molecule is C=CC(=O)N1CCN(C2CN3c4cc(N5CC[C@]6(CC5C)O[C@H](COC)c5nccc(C)c56)nc(C(F)F)c4CCCC23)CC1. The lowest BCUT2D eigenvalue weighted by molar-refractivity contribution is -0.128. The average molecular weight is 623 g/mol. The number of aromatic nitrogens is 2. The Bertz CT molecular complexity index is 1470. The molecular weight excluding hydrogens is 578 g/mol. The number of methoxy groups -OCH3 is 1. The van der Waals surface area contributed by atoms with E-state index < -0.39 is 12.0 Å². The third-order valence-corrected chi connectivity index (χ3v) is 10.9. The van der Waals surface area contributed by atoms with Crippen molar-refractivity contribution < 1.29 is 23.0 Å². The second-order valence-corrected chi connectivity index (χ2v) is 13.3. The summed E-state index contributed by atoms with van der Waals surface area (Å²) in [5.74, 6) is 0.609. The maximum absolute atomic E-state index is 14.7. The first kappa shape index (κ1) is 30.5. The lowest BCUT2D eigenvalue weighted by Crippen LogP contribution is -2.69. The predicted octanol–water partition coefficient (Wildman–Crippen LogP) is 4.55. The van der Waals surface area contributed by atoms with Crippen molar-refractivity contribution in [3.63, 3.8) is 0 Å². The van der Waals surface area contributed by atoms with Crippen molar-refractivity contribution in [1.29, 1.82) is 0 Å². The maximum atomic E-state index is 14.7. The molecule has 3 saturated heterocycles. The zero-order valence-electron chi connectivity index (χ0n) is 26.6. The van der Waals surface area contributed by atoms with Gasteiger partial charge >= 0.3 is 0 Å². The Labute approximate surface area is 264 Å². The molecule has 11 heteroatoms. The van der Waals surface area contributed by atoms with Crippen molar-refractivity contribution in [2.45, 2.75) is 82.2 Å². The summed E-state index contributed by atoms with van der Waals surface area (Å²) >= 11 is 0. The second-order valence-electron chi connectivity index (χ2n) is 13.3. The molecule has 0 aromatic carbocycles. The minimum atomic E-state index is -2.64. The molecule has 45 heavy (non-hydrogen) atoms. The normalized spacial score (nSPS) is 29.7. The van der Waals surface area contributed by atoms with Crippen LogP contribution in [0, 0.1) is 6.92 Å². The van der Waals surface area contributed by atoms with Gasteiger partial charge in [0, 0.05) is 100 Å². The molecule has 5 aliphatic rings. The van der Waals surface area contributed by atoms with E-state index in [9.17, 15) is 13.6 Å². The van der Waals surface area contributed by atoms with Crippen molar-refractivity contribution in [3.8, 4) is 0 Å². The number of halogens is 2. The van der Waals surface area contributed by atoms with E-state index in [1.807, 2.05) is 17.2 Å². The molecule has 2 aromatic heterocycles. The minimum absolute atomic E-state index is 0.0175. The molecule has 7 heterocycles. The number of fused-ring (bicyclic) bond motifs is 5. The number of carbonyl (C=O) groups is 1. The summed E-state index contributed by atoms with van der Waals surface area (Å²) in [5.41, 5.74) is 4.34. The highest BCUT2D eigenvalue weighted by Crippen LogP contribution is 2.52. The lowest BCUT2D eigenvalue weighted by atomic mass is 9.79. The fraction of sp³-hybridized carbons (Fsp3) is 0.618. The number of hydrogen-bond acceptors (Lipinski definition) is 8. The topological polar surface area (TPSA) is 74.3 Å². The van der Waals surface area contributed by atoms with E-state index >= 15 is 0 Å². The number of rotatable bonds is 6. The molecule has 0 bridgehead atoms. The smallest absolute Gasteiger partial charge is 0.280 e. The Morgan fingerprint density at radius 3 is 2.73 bits per heavy atom. The number of piperazine rings is 1. The van der Waals surface area contributed by atoms with E-state index in [1.165, 1.54) is 6.08 Å². The van der Waals surface area contributed by atoms with E-state index in [0.29, 0.717) is 62.9 Å². The third kappa shape index (κ3) is 5.11. The Balaban J connectivity index is 1.14. The molecule has 5 atom stereocenters. The summed E-state index contributed by atoms with van der Waals surface area (Å²) < 4.78 is 41.5. The quantitative estimate of drug-likeness (QED) is 0.435. The van der Waals surface area contributed by atoms with Crippen LogP contribution < -0.4 is 9.80 Å². The van der Waals surface area contributed by atoms with Crippen LogP contribution in [0.1, 0.15) is 73.2 Å². The number of aryl methyl sites for hydroxylation is 1. The number of hydrogen-bond donors (Lipinski definition) is 0. The standard InChI is InChI=1S/C34H44F2N6O3/c1-5-29(43)40-15-13-39(14-16-40)26-19-42-24(26)8-6-7-23-25(42)17-28(38-31(23)33(35)36)41-12-10-34(18-22(41)3)30-21(2)9-11-37-32(30)27(45-34)20-44-4/h5,9,11,17,22,24,26-27,33H,1,6-8,10,12-16,18-20H2,2-4H3/t22?,24?,26?,27-,34-/m1/s1. The molecule has 3 fully saturated rings. The van der Waals surface area contributed by atoms with E-state index in [1.54, 1.807) is 7.11 Å². The molecule has 0 saturated carbocycles. The molecule has 7 rings (SSSR count). The summed E-state index contributed by atoms with van der Waals surface area (Å²) in [6.45, 7) is 12.8. The van der Waals surface area contributed by atoms with Crippen molar-refractivity contribution in [2.24, 2.45) is 0 Å². The molecule has 1 amide bonds. The molecule has 3 unspecified atom stereocenters. The van der Waals surface area contributed by atoms with Crippen molar-refractivity contribution in [2.75, 3.05) is 62.8 Å². The van der Waals surface area contributed by atoms with E-state index in [-0.39, 0.29) is 29.8 Å².